The van der Waals surface area contributed by atoms with Crippen LogP contribution >= 0.6 is 0 Å². The van der Waals surface area contributed by atoms with E-state index in [1.165, 1.54) is 0 Å². The minimum atomic E-state index is 0. The molecule has 0 N–H and O–H groups in total. The van der Waals surface area contributed by atoms with Crippen LogP contribution < -0.4 is 0 Å². The molecule has 0 spiro atoms. The molecule has 0 rings (SSSR count). The molecule has 0 aromatic carbocycles. The van der Waals surface area contributed by atoms with Crippen molar-refractivity contribution in [3.05, 3.63) is 0 Å². The van der Waals surface area contributed by atoms with Crippen LogP contribution in [0, 0.1) is 0 Å². The first-order valence-corrected chi connectivity index (χ1v) is 3.00. The number of hydrogen-bond acceptors (Lipinski definition) is 0. The Hall–Kier alpha value is 1.91. The van der Waals surface area contributed by atoms with Crippen molar-refractivity contribution in [1.82, 2.24) is 0 Å². The van der Waals surface area contributed by atoms with E-state index < -0.39 is 0 Å². The molecule has 0 heterocycles. The van der Waals surface area contributed by atoms with Gasteiger partial charge in [-0.05, 0) is 0 Å². The molecule has 0 amide bonds. The fraction of sp³-hybridized carbons (Fsp3) is 1.00. The third-order valence-corrected chi connectivity index (χ3v) is 0. The molecule has 0 fully saturated rings. The molecule has 0 unspecified atom stereocenters. The van der Waals surface area contributed by atoms with E-state index in [-0.39, 0.29) is 51.3 Å². The quantitative estimate of drug-likeness (QED) is 0.504. The van der Waals surface area contributed by atoms with Gasteiger partial charge in [-0.3, -0.25) is 0 Å². The fourth-order valence-electron chi connectivity index (χ4n) is 0. The summed E-state index contributed by atoms with van der Waals surface area (Å²) in [6, 6.07) is 0. The van der Waals surface area contributed by atoms with Crippen molar-refractivity contribution in [2.45, 2.75) is 13.1 Å². The average molecular weight is 198 g/mol. The summed E-state index contributed by atoms with van der Waals surface area (Å²) >= 11 is 0. The summed E-state index contributed by atoms with van der Waals surface area (Å²) in [6.07, 6.45) is 0. The van der Waals surface area contributed by atoms with E-state index >= 15 is 0 Å². The van der Waals surface area contributed by atoms with E-state index in [2.05, 4.69) is 13.1 Å². The summed E-state index contributed by atoms with van der Waals surface area (Å²) < 4.78 is 0. The average Bonchev–Trinajstić information content (AvgIpc) is 0.918. The molecule has 0 aromatic rings. The van der Waals surface area contributed by atoms with Gasteiger partial charge in [0.05, 0.1) is 0 Å². The van der Waals surface area contributed by atoms with Gasteiger partial charge in [0.1, 0.15) is 0 Å². The van der Waals surface area contributed by atoms with Gasteiger partial charge in [0.2, 0.25) is 0 Å². The van der Waals surface area contributed by atoms with Crippen molar-refractivity contribution in [1.29, 1.82) is 0 Å². The topological polar surface area (TPSA) is 0 Å². The van der Waals surface area contributed by atoms with Gasteiger partial charge in [-0.2, -0.15) is 0 Å². The maximum absolute atomic E-state index is 2.15. The Balaban J connectivity index is -0.0000000200. The number of hydrogen-bond donors (Lipinski definition) is 0. The maximum atomic E-state index is 2.15. The smallest absolute Gasteiger partial charge is 0.0307 e. The largest absolute Gasteiger partial charge is 0.0735 e. The zero-order valence-electron chi connectivity index (χ0n) is 3.52. The SMILES string of the molecule is C[Si]C.[V].[Y]. The van der Waals surface area contributed by atoms with E-state index in [9.17, 15) is 0 Å². The van der Waals surface area contributed by atoms with Gasteiger partial charge in [-0.15, -0.1) is 0 Å². The molecule has 0 aliphatic rings. The normalized spacial score (nSPS) is 3.60. The molecule has 3 heteroatoms. The molecular formula is C2H6SiVY. The Morgan fingerprint density at radius 3 is 1.20 bits per heavy atom. The molecule has 4 radical (unpaired) electrons. The summed E-state index contributed by atoms with van der Waals surface area (Å²) in [7, 11) is 1.08. The van der Waals surface area contributed by atoms with Crippen LogP contribution in [0.5, 0.6) is 0 Å². The van der Waals surface area contributed by atoms with Gasteiger partial charge in [0.25, 0.3) is 0 Å². The van der Waals surface area contributed by atoms with E-state index in [1.807, 2.05) is 0 Å². The molecule has 0 nitrogen and oxygen atoms in total. The van der Waals surface area contributed by atoms with Crippen LogP contribution in [0.3, 0.4) is 0 Å². The van der Waals surface area contributed by atoms with Gasteiger partial charge in [0, 0.05) is 60.8 Å². The Bertz CT molecular complexity index is 9.61. The van der Waals surface area contributed by atoms with Crippen LogP contribution in [0.4, 0.5) is 0 Å². The first-order valence-electron chi connectivity index (χ1n) is 1.00. The zero-order valence-corrected chi connectivity index (χ0v) is 8.76. The van der Waals surface area contributed by atoms with Crippen LogP contribution in [0.2, 0.25) is 13.1 Å². The van der Waals surface area contributed by atoms with Crippen LogP contribution in [-0.4, -0.2) is 9.52 Å². The molecule has 0 aliphatic carbocycles. The van der Waals surface area contributed by atoms with E-state index in [4.69, 9.17) is 0 Å². The fourth-order valence-corrected chi connectivity index (χ4v) is 0. The van der Waals surface area contributed by atoms with E-state index in [1.54, 1.807) is 0 Å². The first kappa shape index (κ1) is 15.8. The Morgan fingerprint density at radius 1 is 1.20 bits per heavy atom. The van der Waals surface area contributed by atoms with Crippen molar-refractivity contribution in [2.75, 3.05) is 0 Å². The van der Waals surface area contributed by atoms with E-state index in [0.29, 0.717) is 0 Å². The number of rotatable bonds is 0. The third kappa shape index (κ3) is 24.8. The summed E-state index contributed by atoms with van der Waals surface area (Å²) in [5, 5.41) is 0. The van der Waals surface area contributed by atoms with Gasteiger partial charge < -0.3 is 0 Å². The van der Waals surface area contributed by atoms with Crippen molar-refractivity contribution < 1.29 is 51.3 Å². The monoisotopic (exact) mass is 198 g/mol. The molecule has 0 atom stereocenters. The van der Waals surface area contributed by atoms with Crippen molar-refractivity contribution in [3.8, 4) is 0 Å². The Labute approximate surface area is 73.1 Å². The Morgan fingerprint density at radius 2 is 1.20 bits per heavy atom. The second-order valence-electron chi connectivity index (χ2n) is 0.500. The second-order valence-corrected chi connectivity index (χ2v) is 1.50. The predicted octanol–water partition coefficient (Wildman–Crippen LogP) is 0.782. The van der Waals surface area contributed by atoms with Crippen LogP contribution in [0.25, 0.3) is 0 Å². The minimum Gasteiger partial charge on any atom is -0.0735 e. The predicted molar refractivity (Wildman–Crippen MR) is 17.5 cm³/mol. The molecule has 0 aliphatic heterocycles. The van der Waals surface area contributed by atoms with Gasteiger partial charge in [-0.1, -0.05) is 13.1 Å². The van der Waals surface area contributed by atoms with Crippen LogP contribution in [-0.2, 0) is 51.3 Å². The first-order chi connectivity index (χ1) is 1.41. The Kier molecular flexibility index (Phi) is 53.2. The van der Waals surface area contributed by atoms with E-state index in [0.717, 1.165) is 9.52 Å². The van der Waals surface area contributed by atoms with Gasteiger partial charge >= 0.3 is 0 Å². The molecule has 0 aromatic heterocycles. The second kappa shape index (κ2) is 16.8. The molecular weight excluding hydrogens is 192 g/mol. The van der Waals surface area contributed by atoms with Crippen LogP contribution in [0.1, 0.15) is 0 Å². The third-order valence-electron chi connectivity index (χ3n) is 0. The molecule has 0 bridgehead atoms. The zero-order chi connectivity index (χ0) is 2.71. The molecule has 0 saturated heterocycles. The van der Waals surface area contributed by atoms with Crippen LogP contribution in [0.15, 0.2) is 0 Å². The van der Waals surface area contributed by atoms with Crippen molar-refractivity contribution in [2.24, 2.45) is 0 Å². The summed E-state index contributed by atoms with van der Waals surface area (Å²) in [5.74, 6) is 0. The van der Waals surface area contributed by atoms with Gasteiger partial charge in [-0.25, -0.2) is 0 Å². The maximum Gasteiger partial charge on any atom is 0.0307 e. The van der Waals surface area contributed by atoms with Crippen molar-refractivity contribution >= 4 is 9.52 Å². The standard InChI is InChI=1S/C2H6Si.V.Y/c1-3-2;;/h1-2H3;;. The molecule has 26 valence electrons. The molecule has 5 heavy (non-hydrogen) atoms. The summed E-state index contributed by atoms with van der Waals surface area (Å²) in [4.78, 5) is 0. The summed E-state index contributed by atoms with van der Waals surface area (Å²) in [5.41, 5.74) is 0. The summed E-state index contributed by atoms with van der Waals surface area (Å²) in [6.45, 7) is 4.31. The minimum absolute atomic E-state index is 0. The van der Waals surface area contributed by atoms with Crippen molar-refractivity contribution in [3.63, 3.8) is 0 Å². The van der Waals surface area contributed by atoms with Gasteiger partial charge in [0.15, 0.2) is 0 Å². The molecule has 0 saturated carbocycles.